The number of aliphatic carboxylic acids is 1. The molecule has 1 aliphatic heterocycles. The fourth-order valence-corrected chi connectivity index (χ4v) is 4.67. The molecule has 1 N–H and O–H groups in total. The first-order valence-corrected chi connectivity index (χ1v) is 10.9. The number of benzene rings is 1. The molecule has 1 unspecified atom stereocenters. The highest BCUT2D eigenvalue weighted by Gasteiger charge is 2.29. The average Bonchev–Trinajstić information content (AvgIpc) is 2.60. The standard InChI is InChI=1S/C19H27NO5S/c21-18(20-13-5-4-10-17(20)11-12-19(22)23)15-26(24,25)14-6-9-16-7-2-1-3-8-16/h1-3,7-8,17H,4-6,9-15H2,(H,22,23). The number of hydrogen-bond donors (Lipinski definition) is 1. The lowest BCUT2D eigenvalue weighted by atomic mass is 9.98. The van der Waals surface area contributed by atoms with E-state index in [4.69, 9.17) is 5.11 Å². The number of sulfone groups is 1. The maximum atomic E-state index is 12.5. The summed E-state index contributed by atoms with van der Waals surface area (Å²) >= 11 is 0. The van der Waals surface area contributed by atoms with E-state index < -0.39 is 21.6 Å². The minimum absolute atomic E-state index is 0.00171. The first-order valence-electron chi connectivity index (χ1n) is 9.13. The maximum absolute atomic E-state index is 12.5. The number of likely N-dealkylation sites (tertiary alicyclic amines) is 1. The van der Waals surface area contributed by atoms with Crippen LogP contribution < -0.4 is 0 Å². The monoisotopic (exact) mass is 381 g/mol. The van der Waals surface area contributed by atoms with Crippen LogP contribution in [-0.4, -0.2) is 54.4 Å². The topological polar surface area (TPSA) is 91.8 Å². The van der Waals surface area contributed by atoms with Crippen molar-refractivity contribution in [1.82, 2.24) is 4.90 Å². The van der Waals surface area contributed by atoms with Crippen LogP contribution in [0.1, 0.15) is 44.1 Å². The highest BCUT2D eigenvalue weighted by Crippen LogP contribution is 2.21. The van der Waals surface area contributed by atoms with Crippen molar-refractivity contribution < 1.29 is 23.1 Å². The Labute approximate surface area is 155 Å². The van der Waals surface area contributed by atoms with Crippen molar-refractivity contribution in [3.63, 3.8) is 0 Å². The van der Waals surface area contributed by atoms with Crippen molar-refractivity contribution in [2.45, 2.75) is 51.0 Å². The molecule has 7 heteroatoms. The summed E-state index contributed by atoms with van der Waals surface area (Å²) in [5, 5.41) is 8.85. The van der Waals surface area contributed by atoms with Gasteiger partial charge >= 0.3 is 5.97 Å². The van der Waals surface area contributed by atoms with Crippen molar-refractivity contribution in [2.75, 3.05) is 18.1 Å². The Morgan fingerprint density at radius 2 is 1.88 bits per heavy atom. The Kier molecular flexibility index (Phi) is 7.63. The van der Waals surface area contributed by atoms with Crippen LogP contribution in [0.4, 0.5) is 0 Å². The number of carbonyl (C=O) groups excluding carboxylic acids is 1. The zero-order chi connectivity index (χ0) is 19.0. The van der Waals surface area contributed by atoms with Crippen molar-refractivity contribution in [3.8, 4) is 0 Å². The summed E-state index contributed by atoms with van der Waals surface area (Å²) in [6.07, 6.45) is 4.06. The normalized spacial score (nSPS) is 17.8. The maximum Gasteiger partial charge on any atom is 0.303 e. The minimum Gasteiger partial charge on any atom is -0.481 e. The fourth-order valence-electron chi connectivity index (χ4n) is 3.40. The Morgan fingerprint density at radius 1 is 1.15 bits per heavy atom. The van der Waals surface area contributed by atoms with E-state index in [1.807, 2.05) is 30.3 Å². The van der Waals surface area contributed by atoms with Gasteiger partial charge < -0.3 is 10.0 Å². The summed E-state index contributed by atoms with van der Waals surface area (Å²) in [7, 11) is -3.46. The molecule has 1 aliphatic rings. The molecule has 0 radical (unpaired) electrons. The molecular formula is C19H27NO5S. The Morgan fingerprint density at radius 3 is 2.58 bits per heavy atom. The highest BCUT2D eigenvalue weighted by molar-refractivity contribution is 7.92. The number of aryl methyl sites for hydroxylation is 1. The predicted octanol–water partition coefficient (Wildman–Crippen LogP) is 2.28. The van der Waals surface area contributed by atoms with E-state index in [9.17, 15) is 18.0 Å². The van der Waals surface area contributed by atoms with E-state index in [0.29, 0.717) is 25.8 Å². The molecule has 1 amide bonds. The fraction of sp³-hybridized carbons (Fsp3) is 0.579. The zero-order valence-electron chi connectivity index (χ0n) is 15.0. The molecule has 2 rings (SSSR count). The third-order valence-electron chi connectivity index (χ3n) is 4.75. The number of piperidine rings is 1. The summed E-state index contributed by atoms with van der Waals surface area (Å²) in [5.74, 6) is -1.77. The molecular weight excluding hydrogens is 354 g/mol. The predicted molar refractivity (Wildman–Crippen MR) is 99.6 cm³/mol. The third-order valence-corrected chi connectivity index (χ3v) is 6.34. The number of amides is 1. The van der Waals surface area contributed by atoms with Gasteiger partial charge in [-0.05, 0) is 44.1 Å². The molecule has 0 saturated carbocycles. The molecule has 1 heterocycles. The summed E-state index contributed by atoms with van der Waals surface area (Å²) in [6.45, 7) is 0.517. The van der Waals surface area contributed by atoms with Gasteiger partial charge in [0.1, 0.15) is 5.75 Å². The van der Waals surface area contributed by atoms with E-state index in [-0.39, 0.29) is 24.1 Å². The summed E-state index contributed by atoms with van der Waals surface area (Å²) in [6, 6.07) is 9.50. The molecule has 6 nitrogen and oxygen atoms in total. The third kappa shape index (κ3) is 6.78. The van der Waals surface area contributed by atoms with Crippen LogP contribution in [0.25, 0.3) is 0 Å². The van der Waals surface area contributed by atoms with Gasteiger partial charge in [-0.3, -0.25) is 9.59 Å². The lowest BCUT2D eigenvalue weighted by Gasteiger charge is -2.35. The van der Waals surface area contributed by atoms with E-state index in [1.165, 1.54) is 0 Å². The van der Waals surface area contributed by atoms with E-state index in [0.717, 1.165) is 24.8 Å². The average molecular weight is 381 g/mol. The molecule has 1 saturated heterocycles. The van der Waals surface area contributed by atoms with Gasteiger partial charge in [0.25, 0.3) is 0 Å². The van der Waals surface area contributed by atoms with E-state index >= 15 is 0 Å². The number of carboxylic acid groups (broad SMARTS) is 1. The largest absolute Gasteiger partial charge is 0.481 e. The quantitative estimate of drug-likeness (QED) is 0.708. The molecule has 0 aliphatic carbocycles. The SMILES string of the molecule is O=C(O)CCC1CCCCN1C(=O)CS(=O)(=O)CCCc1ccccc1. The van der Waals surface area contributed by atoms with Gasteiger partial charge in [0, 0.05) is 19.0 Å². The van der Waals surface area contributed by atoms with Gasteiger partial charge in [-0.25, -0.2) is 8.42 Å². The van der Waals surface area contributed by atoms with Gasteiger partial charge in [-0.1, -0.05) is 30.3 Å². The number of hydrogen-bond acceptors (Lipinski definition) is 4. The molecule has 0 spiro atoms. The Balaban J connectivity index is 1.85. The van der Waals surface area contributed by atoms with Crippen molar-refractivity contribution in [1.29, 1.82) is 0 Å². The first-order chi connectivity index (χ1) is 12.4. The van der Waals surface area contributed by atoms with Crippen LogP contribution in [0.3, 0.4) is 0 Å². The number of carbonyl (C=O) groups is 2. The van der Waals surface area contributed by atoms with Crippen molar-refractivity contribution in [3.05, 3.63) is 35.9 Å². The van der Waals surface area contributed by atoms with Crippen LogP contribution >= 0.6 is 0 Å². The van der Waals surface area contributed by atoms with Gasteiger partial charge in [-0.15, -0.1) is 0 Å². The van der Waals surface area contributed by atoms with E-state index in [1.54, 1.807) is 4.90 Å². The van der Waals surface area contributed by atoms with Crippen LogP contribution in [-0.2, 0) is 25.8 Å². The van der Waals surface area contributed by atoms with E-state index in [2.05, 4.69) is 0 Å². The molecule has 1 fully saturated rings. The second-order valence-corrected chi connectivity index (χ2v) is 9.03. The minimum atomic E-state index is -3.46. The number of rotatable bonds is 9. The van der Waals surface area contributed by atoms with Gasteiger partial charge in [0.05, 0.1) is 5.75 Å². The van der Waals surface area contributed by atoms with Gasteiger partial charge in [0.15, 0.2) is 9.84 Å². The first kappa shape index (κ1) is 20.4. The summed E-state index contributed by atoms with van der Waals surface area (Å²) in [5.41, 5.74) is 1.08. The van der Waals surface area contributed by atoms with Gasteiger partial charge in [-0.2, -0.15) is 0 Å². The molecule has 0 aromatic heterocycles. The Hall–Kier alpha value is -1.89. The van der Waals surface area contributed by atoms with Crippen LogP contribution in [0.5, 0.6) is 0 Å². The van der Waals surface area contributed by atoms with Crippen molar-refractivity contribution >= 4 is 21.7 Å². The lowest BCUT2D eigenvalue weighted by Crippen LogP contribution is -2.46. The van der Waals surface area contributed by atoms with Crippen molar-refractivity contribution in [2.24, 2.45) is 0 Å². The second kappa shape index (κ2) is 9.71. The van der Waals surface area contributed by atoms with Crippen LogP contribution in [0.2, 0.25) is 0 Å². The number of carboxylic acids is 1. The molecule has 1 aromatic rings. The van der Waals surface area contributed by atoms with Gasteiger partial charge in [0.2, 0.25) is 5.91 Å². The highest BCUT2D eigenvalue weighted by atomic mass is 32.2. The molecule has 0 bridgehead atoms. The zero-order valence-corrected chi connectivity index (χ0v) is 15.8. The molecule has 26 heavy (non-hydrogen) atoms. The second-order valence-electron chi connectivity index (χ2n) is 6.85. The molecule has 144 valence electrons. The Bertz CT molecular complexity index is 702. The van der Waals surface area contributed by atoms with Crippen LogP contribution in [0, 0.1) is 0 Å². The molecule has 1 atom stereocenters. The smallest absolute Gasteiger partial charge is 0.303 e. The number of nitrogens with zero attached hydrogens (tertiary/aromatic N) is 1. The summed E-state index contributed by atoms with van der Waals surface area (Å²) in [4.78, 5) is 24.9. The van der Waals surface area contributed by atoms with Crippen LogP contribution in [0.15, 0.2) is 30.3 Å². The lowest BCUT2D eigenvalue weighted by molar-refractivity contribution is -0.139. The summed E-state index contributed by atoms with van der Waals surface area (Å²) < 4.78 is 24.6. The molecule has 1 aromatic carbocycles.